The Morgan fingerprint density at radius 3 is 2.70 bits per heavy atom. The first kappa shape index (κ1) is 19.5. The number of amides is 1. The Kier molecular flexibility index (Phi) is 5.95. The molecule has 3 heterocycles. The SMILES string of the molecule is Nc1ccnc[nH]c(-c2ccc(C(=O)Nc3ccccn3)cc2)nc1C1CCNC1. The minimum atomic E-state index is -0.225. The molecule has 1 fully saturated rings. The largest absolute Gasteiger partial charge is 0.397 e. The molecule has 1 aromatic carbocycles. The number of benzene rings is 1. The van der Waals surface area contributed by atoms with Crippen LogP contribution in [0.3, 0.4) is 0 Å². The summed E-state index contributed by atoms with van der Waals surface area (Å²) in [6, 6.07) is 14.3. The van der Waals surface area contributed by atoms with Crippen molar-refractivity contribution in [3.63, 3.8) is 0 Å². The van der Waals surface area contributed by atoms with E-state index in [1.807, 2.05) is 18.2 Å². The Labute approximate surface area is 174 Å². The normalized spacial score (nSPS) is 15.4. The number of pyridine rings is 1. The minimum Gasteiger partial charge on any atom is -0.397 e. The molecular weight excluding hydrogens is 378 g/mol. The van der Waals surface area contributed by atoms with Gasteiger partial charge in [0.05, 0.1) is 17.7 Å². The second-order valence-corrected chi connectivity index (χ2v) is 6.98. The first-order chi connectivity index (χ1) is 14.7. The van der Waals surface area contributed by atoms with Gasteiger partial charge < -0.3 is 21.4 Å². The summed E-state index contributed by atoms with van der Waals surface area (Å²) in [5, 5.41) is 6.13. The first-order valence-corrected chi connectivity index (χ1v) is 9.77. The van der Waals surface area contributed by atoms with E-state index in [2.05, 4.69) is 25.6 Å². The lowest BCUT2D eigenvalue weighted by atomic mass is 10.0. The van der Waals surface area contributed by atoms with Gasteiger partial charge in [-0.15, -0.1) is 0 Å². The molecule has 30 heavy (non-hydrogen) atoms. The average Bonchev–Trinajstić information content (AvgIpc) is 3.32. The minimum absolute atomic E-state index is 0.225. The van der Waals surface area contributed by atoms with E-state index in [1.165, 1.54) is 0 Å². The molecule has 1 unspecified atom stereocenters. The fraction of sp³-hybridized carbons (Fsp3) is 0.182. The van der Waals surface area contributed by atoms with E-state index in [-0.39, 0.29) is 11.8 Å². The van der Waals surface area contributed by atoms with Crippen molar-refractivity contribution in [2.75, 3.05) is 24.1 Å². The van der Waals surface area contributed by atoms with Crippen molar-refractivity contribution >= 4 is 17.4 Å². The van der Waals surface area contributed by atoms with Crippen LogP contribution >= 0.6 is 0 Å². The van der Waals surface area contributed by atoms with Crippen LogP contribution in [-0.4, -0.2) is 38.9 Å². The van der Waals surface area contributed by atoms with E-state index in [4.69, 9.17) is 10.7 Å². The van der Waals surface area contributed by atoms with E-state index in [0.717, 1.165) is 30.8 Å². The Morgan fingerprint density at radius 2 is 1.97 bits per heavy atom. The van der Waals surface area contributed by atoms with Crippen molar-refractivity contribution in [1.29, 1.82) is 0 Å². The molecule has 0 spiro atoms. The van der Waals surface area contributed by atoms with Gasteiger partial charge in [-0.3, -0.25) is 4.79 Å². The molecule has 152 valence electrons. The molecule has 3 aromatic rings. The zero-order chi connectivity index (χ0) is 20.8. The Hall–Kier alpha value is -3.78. The van der Waals surface area contributed by atoms with Gasteiger partial charge in [0.1, 0.15) is 11.6 Å². The van der Waals surface area contributed by atoms with Gasteiger partial charge in [0, 0.05) is 36.0 Å². The molecule has 1 aliphatic heterocycles. The van der Waals surface area contributed by atoms with E-state index < -0.39 is 0 Å². The first-order valence-electron chi connectivity index (χ1n) is 9.77. The van der Waals surface area contributed by atoms with Crippen molar-refractivity contribution < 1.29 is 4.79 Å². The predicted molar refractivity (Wildman–Crippen MR) is 116 cm³/mol. The van der Waals surface area contributed by atoms with Gasteiger partial charge in [-0.2, -0.15) is 0 Å². The van der Waals surface area contributed by atoms with Crippen LogP contribution in [0.25, 0.3) is 11.4 Å². The van der Waals surface area contributed by atoms with E-state index in [9.17, 15) is 4.79 Å². The van der Waals surface area contributed by atoms with Crippen molar-refractivity contribution in [2.24, 2.45) is 0 Å². The monoisotopic (exact) mass is 401 g/mol. The number of carbonyl (C=O) groups is 1. The molecule has 8 heteroatoms. The van der Waals surface area contributed by atoms with Gasteiger partial charge >= 0.3 is 0 Å². The average molecular weight is 401 g/mol. The summed E-state index contributed by atoms with van der Waals surface area (Å²) in [5.41, 5.74) is 9.07. The zero-order valence-corrected chi connectivity index (χ0v) is 16.4. The topological polar surface area (TPSA) is 122 Å². The molecule has 1 saturated heterocycles. The maximum Gasteiger partial charge on any atom is 0.256 e. The molecular formula is C22H23N7O. The van der Waals surface area contributed by atoms with E-state index in [1.54, 1.807) is 49.1 Å². The summed E-state index contributed by atoms with van der Waals surface area (Å²) >= 11 is 0. The fourth-order valence-corrected chi connectivity index (χ4v) is 3.34. The summed E-state index contributed by atoms with van der Waals surface area (Å²) in [6.45, 7) is 1.79. The number of anilines is 2. The highest BCUT2D eigenvalue weighted by molar-refractivity contribution is 6.03. The van der Waals surface area contributed by atoms with Crippen LogP contribution in [0.5, 0.6) is 0 Å². The van der Waals surface area contributed by atoms with E-state index >= 15 is 0 Å². The highest BCUT2D eigenvalue weighted by atomic mass is 16.1. The number of nitrogens with two attached hydrogens (primary N) is 1. The smallest absolute Gasteiger partial charge is 0.256 e. The van der Waals surface area contributed by atoms with Gasteiger partial charge in [0.2, 0.25) is 0 Å². The van der Waals surface area contributed by atoms with Crippen molar-refractivity contribution in [3.05, 3.63) is 78.5 Å². The molecule has 1 aliphatic rings. The van der Waals surface area contributed by atoms with Crippen LogP contribution in [0, 0.1) is 0 Å². The highest BCUT2D eigenvalue weighted by Crippen LogP contribution is 2.26. The van der Waals surface area contributed by atoms with Crippen LogP contribution in [0.2, 0.25) is 0 Å². The van der Waals surface area contributed by atoms with Crippen molar-refractivity contribution in [3.8, 4) is 11.4 Å². The summed E-state index contributed by atoms with van der Waals surface area (Å²) < 4.78 is 0. The number of hydrogen-bond donors (Lipinski definition) is 4. The summed E-state index contributed by atoms with van der Waals surface area (Å²) in [7, 11) is 0. The lowest BCUT2D eigenvalue weighted by molar-refractivity contribution is 0.102. The lowest BCUT2D eigenvalue weighted by Gasteiger charge is -2.10. The van der Waals surface area contributed by atoms with Crippen LogP contribution in [0.15, 0.2) is 67.3 Å². The van der Waals surface area contributed by atoms with Crippen LogP contribution in [0.1, 0.15) is 28.4 Å². The van der Waals surface area contributed by atoms with Gasteiger partial charge in [-0.25, -0.2) is 15.0 Å². The number of aromatic amines is 1. The maximum atomic E-state index is 12.5. The fourth-order valence-electron chi connectivity index (χ4n) is 3.34. The van der Waals surface area contributed by atoms with Crippen molar-refractivity contribution in [1.82, 2.24) is 25.3 Å². The van der Waals surface area contributed by atoms with Crippen LogP contribution < -0.4 is 16.4 Å². The third-order valence-electron chi connectivity index (χ3n) is 4.92. The van der Waals surface area contributed by atoms with E-state index in [0.29, 0.717) is 22.9 Å². The van der Waals surface area contributed by atoms with Crippen LogP contribution in [-0.2, 0) is 0 Å². The predicted octanol–water partition coefficient (Wildman–Crippen LogP) is 2.90. The lowest BCUT2D eigenvalue weighted by Crippen LogP contribution is -2.12. The molecule has 0 saturated carbocycles. The molecule has 5 N–H and O–H groups in total. The molecule has 0 radical (unpaired) electrons. The number of carbonyl (C=O) groups excluding carboxylic acids is 1. The molecule has 1 amide bonds. The Bertz CT molecular complexity index is 1060. The molecule has 0 aliphatic carbocycles. The third-order valence-corrected chi connectivity index (χ3v) is 4.92. The number of H-pyrrole nitrogens is 1. The van der Waals surface area contributed by atoms with Gasteiger partial charge in [-0.1, -0.05) is 18.2 Å². The molecule has 4 rings (SSSR count). The maximum absolute atomic E-state index is 12.5. The van der Waals surface area contributed by atoms with Gasteiger partial charge in [-0.05, 0) is 43.3 Å². The summed E-state index contributed by atoms with van der Waals surface area (Å²) in [5.74, 6) is 1.15. The third kappa shape index (κ3) is 4.61. The number of hydrogen-bond acceptors (Lipinski definition) is 6. The Morgan fingerprint density at radius 1 is 1.10 bits per heavy atom. The Balaban J connectivity index is 1.64. The number of nitrogens with one attached hydrogen (secondary N) is 3. The van der Waals surface area contributed by atoms with Gasteiger partial charge in [0.25, 0.3) is 5.91 Å². The standard InChI is InChI=1S/C22H23N7O/c23-18-9-12-25-14-27-21(29-20(18)17-8-11-24-13-17)15-4-6-16(7-5-15)22(30)28-19-3-1-2-10-26-19/h1-7,9-10,12,14,17,24H,8,11,13,23H2,(H,25,27,29)(H,26,28,30). The quantitative estimate of drug-likeness (QED) is 0.533. The molecule has 2 aromatic heterocycles. The van der Waals surface area contributed by atoms with Crippen molar-refractivity contribution in [2.45, 2.75) is 12.3 Å². The molecule has 0 bridgehead atoms. The number of rotatable bonds is 4. The second-order valence-electron chi connectivity index (χ2n) is 6.98. The zero-order valence-electron chi connectivity index (χ0n) is 16.4. The summed E-state index contributed by atoms with van der Waals surface area (Å²) in [4.78, 5) is 28.7. The second kappa shape index (κ2) is 9.15. The molecule has 8 nitrogen and oxygen atoms in total. The summed E-state index contributed by atoms with van der Waals surface area (Å²) in [6.07, 6.45) is 5.83. The van der Waals surface area contributed by atoms with Crippen LogP contribution in [0.4, 0.5) is 11.5 Å². The number of nitrogens with zero attached hydrogens (tertiary/aromatic N) is 3. The van der Waals surface area contributed by atoms with Gasteiger partial charge in [0.15, 0.2) is 0 Å². The molecule has 1 atom stereocenters. The highest BCUT2D eigenvalue weighted by Gasteiger charge is 2.20. The number of nitrogen functional groups attached to an aromatic ring is 1. The number of aromatic nitrogens is 4.